The third-order valence-corrected chi connectivity index (χ3v) is 4.70. The van der Waals surface area contributed by atoms with E-state index in [-0.39, 0.29) is 36.8 Å². The molecule has 29 heavy (non-hydrogen) atoms. The van der Waals surface area contributed by atoms with E-state index < -0.39 is 6.10 Å². The van der Waals surface area contributed by atoms with Gasteiger partial charge in [-0.1, -0.05) is 12.1 Å². The quantitative estimate of drug-likeness (QED) is 0.535. The van der Waals surface area contributed by atoms with E-state index in [1.54, 1.807) is 18.2 Å². The van der Waals surface area contributed by atoms with Crippen LogP contribution in [0.3, 0.4) is 0 Å². The minimum absolute atomic E-state index is 0. The molecule has 160 valence electrons. The number of β-amino-alcohol motifs (C(OH)–C–C–N with tert-alkyl or cyclic N) is 1. The molecule has 2 heterocycles. The average molecular weight is 443 g/mol. The van der Waals surface area contributed by atoms with Gasteiger partial charge in [-0.05, 0) is 26.0 Å². The second-order valence-electron chi connectivity index (χ2n) is 6.54. The Balaban J connectivity index is 0.00000210. The average Bonchev–Trinajstić information content (AvgIpc) is 3.07. The fourth-order valence-electron chi connectivity index (χ4n) is 3.13. The highest BCUT2D eigenvalue weighted by Crippen LogP contribution is 2.23. The lowest BCUT2D eigenvalue weighted by molar-refractivity contribution is 0.0888. The maximum absolute atomic E-state index is 12.5. The number of anilines is 2. The van der Waals surface area contributed by atoms with Crippen molar-refractivity contribution in [1.82, 2.24) is 20.6 Å². The first-order valence-electron chi connectivity index (χ1n) is 9.21. The predicted molar refractivity (Wildman–Crippen MR) is 120 cm³/mol. The standard InChI is InChI=1S/C19H26N6O2.2ClH/c1-3-25(4-2)19-23-14(9-17(20)24-19)12-6-5-7-13(8-12)18(27)22-15-10-21-11-16(15)26;;/h5-9,15-16,21,26H,3-4,10-11H2,1-2H3,(H,22,27)(H2,20,23,24);2*1H/t15-,16-;;/m1../s1. The number of carbonyl (C=O) groups excluding carboxylic acids is 1. The Morgan fingerprint density at radius 3 is 2.59 bits per heavy atom. The van der Waals surface area contributed by atoms with Crippen LogP contribution < -0.4 is 21.3 Å². The number of halogens is 2. The molecule has 1 aliphatic rings. The van der Waals surface area contributed by atoms with Crippen molar-refractivity contribution in [2.75, 3.05) is 36.8 Å². The minimum Gasteiger partial charge on any atom is -0.390 e. The summed E-state index contributed by atoms with van der Waals surface area (Å²) in [7, 11) is 0. The summed E-state index contributed by atoms with van der Waals surface area (Å²) in [5.41, 5.74) is 7.94. The molecule has 1 aliphatic heterocycles. The summed E-state index contributed by atoms with van der Waals surface area (Å²) in [5, 5.41) is 15.8. The zero-order valence-corrected chi connectivity index (χ0v) is 18.1. The van der Waals surface area contributed by atoms with Crippen LogP contribution in [0.25, 0.3) is 11.3 Å². The van der Waals surface area contributed by atoms with E-state index in [1.165, 1.54) is 0 Å². The van der Waals surface area contributed by atoms with Crippen LogP contribution in [0.15, 0.2) is 30.3 Å². The molecule has 1 aromatic heterocycles. The molecule has 0 saturated carbocycles. The van der Waals surface area contributed by atoms with Crippen LogP contribution in [-0.4, -0.2) is 59.3 Å². The topological polar surface area (TPSA) is 116 Å². The molecule has 10 heteroatoms. The van der Waals surface area contributed by atoms with Gasteiger partial charge in [0.15, 0.2) is 0 Å². The van der Waals surface area contributed by atoms with Crippen LogP contribution >= 0.6 is 24.8 Å². The first kappa shape index (κ1) is 24.9. The number of nitrogen functional groups attached to an aromatic ring is 1. The van der Waals surface area contributed by atoms with Gasteiger partial charge in [0.1, 0.15) is 5.82 Å². The van der Waals surface area contributed by atoms with E-state index in [1.807, 2.05) is 30.9 Å². The van der Waals surface area contributed by atoms with E-state index in [4.69, 9.17) is 5.73 Å². The molecule has 1 amide bonds. The molecular weight excluding hydrogens is 415 g/mol. The fraction of sp³-hybridized carbons (Fsp3) is 0.421. The largest absolute Gasteiger partial charge is 0.390 e. The van der Waals surface area contributed by atoms with Gasteiger partial charge in [0.2, 0.25) is 5.95 Å². The van der Waals surface area contributed by atoms with Crippen molar-refractivity contribution in [2.45, 2.75) is 26.0 Å². The summed E-state index contributed by atoms with van der Waals surface area (Å²) in [6, 6.07) is 8.63. The zero-order chi connectivity index (χ0) is 19.4. The molecule has 0 unspecified atom stereocenters. The molecule has 5 N–H and O–H groups in total. The molecule has 0 spiro atoms. The van der Waals surface area contributed by atoms with Crippen molar-refractivity contribution >= 4 is 42.5 Å². The van der Waals surface area contributed by atoms with Crippen molar-refractivity contribution < 1.29 is 9.90 Å². The second kappa shape index (κ2) is 11.2. The summed E-state index contributed by atoms with van der Waals surface area (Å²) in [5.74, 6) is 0.734. The smallest absolute Gasteiger partial charge is 0.251 e. The van der Waals surface area contributed by atoms with Crippen molar-refractivity contribution in [2.24, 2.45) is 0 Å². The Hall–Kier alpha value is -2.13. The monoisotopic (exact) mass is 442 g/mol. The fourth-order valence-corrected chi connectivity index (χ4v) is 3.13. The lowest BCUT2D eigenvalue weighted by atomic mass is 10.1. The van der Waals surface area contributed by atoms with Gasteiger partial charge in [-0.15, -0.1) is 24.8 Å². The molecular formula is C19H28Cl2N6O2. The number of aliphatic hydroxyl groups excluding tert-OH is 1. The Morgan fingerprint density at radius 1 is 1.24 bits per heavy atom. The van der Waals surface area contributed by atoms with Crippen molar-refractivity contribution in [1.29, 1.82) is 0 Å². The lowest BCUT2D eigenvalue weighted by Crippen LogP contribution is -2.42. The van der Waals surface area contributed by atoms with Gasteiger partial charge < -0.3 is 26.4 Å². The van der Waals surface area contributed by atoms with Crippen LogP contribution in [0, 0.1) is 0 Å². The third-order valence-electron chi connectivity index (χ3n) is 4.70. The first-order chi connectivity index (χ1) is 13.0. The van der Waals surface area contributed by atoms with E-state index in [2.05, 4.69) is 20.6 Å². The normalized spacial score (nSPS) is 17.8. The van der Waals surface area contributed by atoms with Gasteiger partial charge in [0.25, 0.3) is 5.91 Å². The third kappa shape index (κ3) is 5.93. The maximum atomic E-state index is 12.5. The van der Waals surface area contributed by atoms with Crippen LogP contribution in [0.4, 0.5) is 11.8 Å². The first-order valence-corrected chi connectivity index (χ1v) is 9.21. The molecule has 0 radical (unpaired) electrons. The minimum atomic E-state index is -0.574. The highest BCUT2D eigenvalue weighted by atomic mass is 35.5. The molecule has 0 bridgehead atoms. The number of hydrogen-bond acceptors (Lipinski definition) is 7. The molecule has 3 rings (SSSR count). The van der Waals surface area contributed by atoms with Crippen LogP contribution in [0.2, 0.25) is 0 Å². The highest BCUT2D eigenvalue weighted by molar-refractivity contribution is 5.95. The van der Waals surface area contributed by atoms with Gasteiger partial charge in [-0.2, -0.15) is 4.98 Å². The number of aromatic nitrogens is 2. The number of carbonyl (C=O) groups is 1. The molecule has 2 aromatic rings. The van der Waals surface area contributed by atoms with Crippen molar-refractivity contribution in [3.05, 3.63) is 35.9 Å². The van der Waals surface area contributed by atoms with E-state index in [0.717, 1.165) is 18.7 Å². The number of benzene rings is 1. The number of nitrogens with one attached hydrogen (secondary N) is 2. The number of aliphatic hydroxyl groups is 1. The highest BCUT2D eigenvalue weighted by Gasteiger charge is 2.26. The number of nitrogens with zero attached hydrogens (tertiary/aromatic N) is 3. The van der Waals surface area contributed by atoms with E-state index in [0.29, 0.717) is 36.1 Å². The Morgan fingerprint density at radius 2 is 1.97 bits per heavy atom. The SMILES string of the molecule is CCN(CC)c1nc(N)cc(-c2cccc(C(=O)N[C@@H]3CNC[C@H]3O)c2)n1.Cl.Cl. The summed E-state index contributed by atoms with van der Waals surface area (Å²) in [6.07, 6.45) is -0.574. The second-order valence-corrected chi connectivity index (χ2v) is 6.54. The summed E-state index contributed by atoms with van der Waals surface area (Å²) in [6.45, 7) is 6.67. The van der Waals surface area contributed by atoms with Crippen LogP contribution in [0.5, 0.6) is 0 Å². The summed E-state index contributed by atoms with van der Waals surface area (Å²) in [4.78, 5) is 23.5. The summed E-state index contributed by atoms with van der Waals surface area (Å²) < 4.78 is 0. The Kier molecular flexibility index (Phi) is 9.58. The zero-order valence-electron chi connectivity index (χ0n) is 16.5. The van der Waals surface area contributed by atoms with Gasteiger partial charge >= 0.3 is 0 Å². The van der Waals surface area contributed by atoms with Gasteiger partial charge in [0.05, 0.1) is 17.8 Å². The molecule has 2 atom stereocenters. The number of nitrogens with two attached hydrogens (primary N) is 1. The lowest BCUT2D eigenvalue weighted by Gasteiger charge is -2.19. The van der Waals surface area contributed by atoms with Gasteiger partial charge in [-0.3, -0.25) is 4.79 Å². The van der Waals surface area contributed by atoms with Crippen LogP contribution in [0.1, 0.15) is 24.2 Å². The number of hydrogen-bond donors (Lipinski definition) is 4. The molecule has 0 aliphatic carbocycles. The molecule has 1 aromatic carbocycles. The molecule has 1 fully saturated rings. The number of amides is 1. The van der Waals surface area contributed by atoms with Crippen molar-refractivity contribution in [3.8, 4) is 11.3 Å². The van der Waals surface area contributed by atoms with Gasteiger partial charge in [0, 0.05) is 43.4 Å². The summed E-state index contributed by atoms with van der Waals surface area (Å²) >= 11 is 0. The number of rotatable bonds is 6. The Bertz CT molecular complexity index is 819. The van der Waals surface area contributed by atoms with Crippen LogP contribution in [-0.2, 0) is 0 Å². The molecule has 8 nitrogen and oxygen atoms in total. The van der Waals surface area contributed by atoms with Crippen molar-refractivity contribution in [3.63, 3.8) is 0 Å². The maximum Gasteiger partial charge on any atom is 0.251 e. The van der Waals surface area contributed by atoms with E-state index in [9.17, 15) is 9.90 Å². The van der Waals surface area contributed by atoms with Gasteiger partial charge in [-0.25, -0.2) is 4.98 Å². The molecule has 1 saturated heterocycles. The van der Waals surface area contributed by atoms with E-state index >= 15 is 0 Å². The predicted octanol–water partition coefficient (Wildman–Crippen LogP) is 1.48. The Labute approximate surface area is 183 Å².